The van der Waals surface area contributed by atoms with Crippen LogP contribution in [0.4, 0.5) is 0 Å². The van der Waals surface area contributed by atoms with E-state index in [-0.39, 0.29) is 11.9 Å². The molecular formula is C13H25N3O2. The lowest BCUT2D eigenvalue weighted by Crippen LogP contribution is -2.52. The molecule has 0 amide bonds. The third-order valence-electron chi connectivity index (χ3n) is 4.39. The van der Waals surface area contributed by atoms with Gasteiger partial charge in [-0.05, 0) is 18.8 Å². The van der Waals surface area contributed by atoms with Crippen LogP contribution in [0, 0.1) is 5.92 Å². The molecule has 1 saturated heterocycles. The first-order chi connectivity index (χ1) is 8.74. The molecule has 5 nitrogen and oxygen atoms in total. The Bertz CT molecular complexity index is 296. The molecule has 2 aliphatic rings. The van der Waals surface area contributed by atoms with Crippen molar-refractivity contribution in [1.29, 1.82) is 0 Å². The lowest BCUT2D eigenvalue weighted by molar-refractivity contribution is -0.0237. The minimum Gasteiger partial charge on any atom is -0.409 e. The number of oxime groups is 1. The van der Waals surface area contributed by atoms with E-state index in [0.717, 1.165) is 19.0 Å². The van der Waals surface area contributed by atoms with Gasteiger partial charge in [0, 0.05) is 19.1 Å². The zero-order valence-corrected chi connectivity index (χ0v) is 11.2. The van der Waals surface area contributed by atoms with Crippen LogP contribution in [0.1, 0.15) is 39.0 Å². The van der Waals surface area contributed by atoms with Gasteiger partial charge in [-0.25, -0.2) is 0 Å². The van der Waals surface area contributed by atoms with Crippen molar-refractivity contribution in [2.45, 2.75) is 51.2 Å². The standard InChI is InChI=1S/C13H25N3O2/c1-2-10-4-3-5-11(8-10)16-6-7-18-12(9-16)13(14)15-17/h10-12,17H,2-9H2,1H3,(H2,14,15). The molecule has 0 bridgehead atoms. The van der Waals surface area contributed by atoms with E-state index in [1.54, 1.807) is 0 Å². The molecule has 3 N–H and O–H groups in total. The molecule has 1 heterocycles. The lowest BCUT2D eigenvalue weighted by Gasteiger charge is -2.41. The first kappa shape index (κ1) is 13.6. The maximum Gasteiger partial charge on any atom is 0.169 e. The van der Waals surface area contributed by atoms with Gasteiger partial charge < -0.3 is 15.7 Å². The van der Waals surface area contributed by atoms with E-state index in [2.05, 4.69) is 17.0 Å². The normalized spacial score (nSPS) is 35.6. The van der Waals surface area contributed by atoms with Crippen molar-refractivity contribution in [3.05, 3.63) is 0 Å². The number of rotatable bonds is 3. The highest BCUT2D eigenvalue weighted by Crippen LogP contribution is 2.30. The van der Waals surface area contributed by atoms with E-state index in [1.807, 2.05) is 0 Å². The number of amidine groups is 1. The van der Waals surface area contributed by atoms with Crippen LogP contribution in [0.2, 0.25) is 0 Å². The number of morpholine rings is 1. The van der Waals surface area contributed by atoms with Crippen LogP contribution in [0.15, 0.2) is 5.16 Å². The molecule has 0 radical (unpaired) electrons. The van der Waals surface area contributed by atoms with Crippen molar-refractivity contribution in [1.82, 2.24) is 4.90 Å². The van der Waals surface area contributed by atoms with Crippen LogP contribution in [-0.2, 0) is 4.74 Å². The van der Waals surface area contributed by atoms with Crippen molar-refractivity contribution >= 4 is 5.84 Å². The molecule has 5 heteroatoms. The summed E-state index contributed by atoms with van der Waals surface area (Å²) in [6, 6.07) is 0.654. The number of hydrogen-bond donors (Lipinski definition) is 2. The number of nitrogens with zero attached hydrogens (tertiary/aromatic N) is 2. The molecule has 1 saturated carbocycles. The van der Waals surface area contributed by atoms with E-state index in [0.29, 0.717) is 12.6 Å². The van der Waals surface area contributed by atoms with Gasteiger partial charge in [-0.3, -0.25) is 4.90 Å². The van der Waals surface area contributed by atoms with Gasteiger partial charge in [-0.2, -0.15) is 0 Å². The van der Waals surface area contributed by atoms with Crippen LogP contribution in [0.25, 0.3) is 0 Å². The molecule has 18 heavy (non-hydrogen) atoms. The average Bonchev–Trinajstić information content (AvgIpc) is 2.46. The summed E-state index contributed by atoms with van der Waals surface area (Å²) < 4.78 is 5.55. The Balaban J connectivity index is 1.92. The molecule has 2 fully saturated rings. The molecule has 0 spiro atoms. The van der Waals surface area contributed by atoms with E-state index >= 15 is 0 Å². The van der Waals surface area contributed by atoms with Crippen molar-refractivity contribution in [2.75, 3.05) is 19.7 Å². The molecule has 3 atom stereocenters. The number of ether oxygens (including phenoxy) is 1. The van der Waals surface area contributed by atoms with Crippen LogP contribution >= 0.6 is 0 Å². The third-order valence-corrected chi connectivity index (χ3v) is 4.39. The predicted molar refractivity (Wildman–Crippen MR) is 70.8 cm³/mol. The second-order valence-corrected chi connectivity index (χ2v) is 5.47. The van der Waals surface area contributed by atoms with Gasteiger partial charge in [-0.1, -0.05) is 31.3 Å². The van der Waals surface area contributed by atoms with Crippen LogP contribution in [0.5, 0.6) is 0 Å². The fourth-order valence-corrected chi connectivity index (χ4v) is 3.21. The molecule has 3 unspecified atom stereocenters. The smallest absolute Gasteiger partial charge is 0.169 e. The molecular weight excluding hydrogens is 230 g/mol. The van der Waals surface area contributed by atoms with Crippen LogP contribution in [0.3, 0.4) is 0 Å². The van der Waals surface area contributed by atoms with Gasteiger partial charge in [-0.15, -0.1) is 0 Å². The number of nitrogens with two attached hydrogens (primary N) is 1. The van der Waals surface area contributed by atoms with E-state index in [1.165, 1.54) is 32.1 Å². The van der Waals surface area contributed by atoms with Gasteiger partial charge >= 0.3 is 0 Å². The number of hydrogen-bond acceptors (Lipinski definition) is 4. The van der Waals surface area contributed by atoms with E-state index < -0.39 is 0 Å². The van der Waals surface area contributed by atoms with Crippen LogP contribution < -0.4 is 5.73 Å². The largest absolute Gasteiger partial charge is 0.409 e. The fourth-order valence-electron chi connectivity index (χ4n) is 3.21. The first-order valence-corrected chi connectivity index (χ1v) is 7.07. The summed E-state index contributed by atoms with van der Waals surface area (Å²) in [6.45, 7) is 4.69. The highest BCUT2D eigenvalue weighted by atomic mass is 16.5. The topological polar surface area (TPSA) is 71.1 Å². The summed E-state index contributed by atoms with van der Waals surface area (Å²) >= 11 is 0. The van der Waals surface area contributed by atoms with Crippen molar-refractivity contribution in [2.24, 2.45) is 16.8 Å². The molecule has 104 valence electrons. The maximum absolute atomic E-state index is 8.73. The Kier molecular flexibility index (Phi) is 4.83. The summed E-state index contributed by atoms with van der Waals surface area (Å²) in [5.41, 5.74) is 5.64. The SMILES string of the molecule is CCC1CCCC(N2CCOC(C(N)=NO)C2)C1. The quantitative estimate of drug-likeness (QED) is 0.346. The Labute approximate surface area is 109 Å². The fraction of sp³-hybridized carbons (Fsp3) is 0.923. The average molecular weight is 255 g/mol. The Morgan fingerprint density at radius 2 is 2.33 bits per heavy atom. The lowest BCUT2D eigenvalue weighted by atomic mass is 9.83. The van der Waals surface area contributed by atoms with Crippen molar-refractivity contribution in [3.63, 3.8) is 0 Å². The van der Waals surface area contributed by atoms with Crippen molar-refractivity contribution < 1.29 is 9.94 Å². The maximum atomic E-state index is 8.73. The highest BCUT2D eigenvalue weighted by molar-refractivity contribution is 5.84. The summed E-state index contributed by atoms with van der Waals surface area (Å²) in [5, 5.41) is 11.8. The monoisotopic (exact) mass is 255 g/mol. The highest BCUT2D eigenvalue weighted by Gasteiger charge is 2.31. The second-order valence-electron chi connectivity index (χ2n) is 5.47. The molecule has 0 aromatic heterocycles. The van der Waals surface area contributed by atoms with Gasteiger partial charge in [0.2, 0.25) is 0 Å². The molecule has 1 aliphatic heterocycles. The summed E-state index contributed by atoms with van der Waals surface area (Å²) in [7, 11) is 0. The Hall–Kier alpha value is -0.810. The Morgan fingerprint density at radius 3 is 3.06 bits per heavy atom. The molecule has 0 aromatic carbocycles. The summed E-state index contributed by atoms with van der Waals surface area (Å²) in [6.07, 6.45) is 6.31. The molecule has 1 aliphatic carbocycles. The molecule has 0 aromatic rings. The van der Waals surface area contributed by atoms with E-state index in [4.69, 9.17) is 15.7 Å². The molecule has 2 rings (SSSR count). The van der Waals surface area contributed by atoms with Crippen molar-refractivity contribution in [3.8, 4) is 0 Å². The summed E-state index contributed by atoms with van der Waals surface area (Å²) in [4.78, 5) is 2.47. The predicted octanol–water partition coefficient (Wildman–Crippen LogP) is 1.40. The second kappa shape index (κ2) is 6.38. The third kappa shape index (κ3) is 3.14. The minimum atomic E-state index is -0.245. The van der Waals surface area contributed by atoms with Gasteiger partial charge in [0.05, 0.1) is 6.61 Å². The van der Waals surface area contributed by atoms with Crippen LogP contribution in [-0.4, -0.2) is 47.8 Å². The van der Waals surface area contributed by atoms with E-state index in [9.17, 15) is 0 Å². The first-order valence-electron chi connectivity index (χ1n) is 7.07. The van der Waals surface area contributed by atoms with Gasteiger partial charge in [0.25, 0.3) is 0 Å². The zero-order chi connectivity index (χ0) is 13.0. The zero-order valence-electron chi connectivity index (χ0n) is 11.2. The summed E-state index contributed by atoms with van der Waals surface area (Å²) in [5.74, 6) is 1.07. The van der Waals surface area contributed by atoms with Gasteiger partial charge in [0.1, 0.15) is 6.10 Å². The van der Waals surface area contributed by atoms with Gasteiger partial charge in [0.15, 0.2) is 5.84 Å². The Morgan fingerprint density at radius 1 is 1.50 bits per heavy atom. The minimum absolute atomic E-state index is 0.197.